The molecule has 0 radical (unpaired) electrons. The van der Waals surface area contributed by atoms with Crippen molar-refractivity contribution in [3.8, 4) is 11.1 Å². The van der Waals surface area contributed by atoms with Crippen molar-refractivity contribution < 1.29 is 17.8 Å². The van der Waals surface area contributed by atoms with Crippen LogP contribution in [-0.4, -0.2) is 25.0 Å². The van der Waals surface area contributed by atoms with Crippen molar-refractivity contribution in [2.24, 2.45) is 5.92 Å². The van der Waals surface area contributed by atoms with E-state index in [0.717, 1.165) is 31.6 Å². The van der Waals surface area contributed by atoms with Crippen LogP contribution in [0, 0.1) is 5.92 Å². The number of rotatable bonds is 3. The zero-order valence-corrected chi connectivity index (χ0v) is 19.8. The lowest BCUT2D eigenvalue weighted by molar-refractivity contribution is -0.121. The molecule has 0 aliphatic heterocycles. The first-order valence-electron chi connectivity index (χ1n) is 12.0. The number of Topliss-reactive ketones (excluding diaryl/α,β-unsaturated/α-hetero) is 1. The fourth-order valence-electron chi connectivity index (χ4n) is 5.89. The molecule has 1 atom stereocenters. The molecule has 0 aromatic heterocycles. The summed E-state index contributed by atoms with van der Waals surface area (Å²) < 4.78 is 25.9. The summed E-state index contributed by atoms with van der Waals surface area (Å²) in [6.45, 7) is 0. The Kier molecular flexibility index (Phi) is 7.16. The summed E-state index contributed by atoms with van der Waals surface area (Å²) in [7, 11) is -3.67. The van der Waals surface area contributed by atoms with Crippen molar-refractivity contribution in [3.05, 3.63) is 58.7 Å². The van der Waals surface area contributed by atoms with E-state index in [1.807, 2.05) is 0 Å². The van der Waals surface area contributed by atoms with Crippen LogP contribution in [0.2, 0.25) is 0 Å². The van der Waals surface area contributed by atoms with Crippen LogP contribution in [0.5, 0.6) is 0 Å². The summed E-state index contributed by atoms with van der Waals surface area (Å²) in [6.07, 6.45) is 14.0. The van der Waals surface area contributed by atoms with E-state index in [9.17, 15) is 13.2 Å². The minimum Gasteiger partial charge on any atom is -0.299 e. The molecule has 2 fully saturated rings. The Hall–Kier alpha value is -1.98. The molecule has 1 N–H and O–H groups in total. The molecule has 5 rings (SSSR count). The number of carbonyl (C=O) groups is 1. The zero-order valence-electron chi connectivity index (χ0n) is 19.0. The van der Waals surface area contributed by atoms with Crippen LogP contribution in [-0.2, 0) is 27.8 Å². The van der Waals surface area contributed by atoms with E-state index in [0.29, 0.717) is 12.0 Å². The van der Waals surface area contributed by atoms with Gasteiger partial charge in [0.05, 0.1) is 6.26 Å². The topological polar surface area (TPSA) is 71.4 Å². The summed E-state index contributed by atoms with van der Waals surface area (Å²) in [4.78, 5) is 12.9. The predicted octanol–water partition coefficient (Wildman–Crippen LogP) is 6.11. The third kappa shape index (κ3) is 5.49. The van der Waals surface area contributed by atoms with E-state index in [2.05, 4.69) is 36.4 Å². The molecular weight excluding hydrogens is 420 g/mol. The van der Waals surface area contributed by atoms with Gasteiger partial charge in [-0.25, -0.2) is 0 Å². The second kappa shape index (κ2) is 9.88. The normalized spacial score (nSPS) is 20.8. The highest BCUT2D eigenvalue weighted by atomic mass is 32.2. The molecule has 172 valence electrons. The van der Waals surface area contributed by atoms with E-state index in [1.54, 1.807) is 0 Å². The first kappa shape index (κ1) is 23.2. The molecule has 4 nitrogen and oxygen atoms in total. The van der Waals surface area contributed by atoms with E-state index < -0.39 is 10.1 Å². The molecule has 0 bridgehead atoms. The number of ketones is 1. The zero-order chi connectivity index (χ0) is 22.7. The smallest absolute Gasteiger partial charge is 0.261 e. The number of fused-ring (bicyclic) bond motifs is 3. The Labute approximate surface area is 192 Å². The molecule has 2 saturated carbocycles. The summed E-state index contributed by atoms with van der Waals surface area (Å²) in [5, 5.41) is 0. The van der Waals surface area contributed by atoms with Gasteiger partial charge in [-0.05, 0) is 65.0 Å². The molecule has 2 aromatic rings. The monoisotopic (exact) mass is 454 g/mol. The first-order chi connectivity index (χ1) is 15.3. The van der Waals surface area contributed by atoms with E-state index in [4.69, 9.17) is 4.55 Å². The van der Waals surface area contributed by atoms with Gasteiger partial charge in [0.2, 0.25) is 0 Å². The van der Waals surface area contributed by atoms with Gasteiger partial charge in [0.15, 0.2) is 0 Å². The molecule has 0 spiro atoms. The first-order valence-corrected chi connectivity index (χ1v) is 13.8. The molecule has 3 aliphatic carbocycles. The van der Waals surface area contributed by atoms with E-state index in [1.165, 1.54) is 78.3 Å². The Bertz CT molecular complexity index is 1070. The van der Waals surface area contributed by atoms with Crippen LogP contribution >= 0.6 is 0 Å². The quantitative estimate of drug-likeness (QED) is 0.485. The summed E-state index contributed by atoms with van der Waals surface area (Å²) in [5.41, 5.74) is 8.64. The highest BCUT2D eigenvalue weighted by Gasteiger charge is 2.32. The predicted molar refractivity (Wildman–Crippen MR) is 129 cm³/mol. The van der Waals surface area contributed by atoms with Crippen molar-refractivity contribution >= 4 is 15.9 Å². The van der Waals surface area contributed by atoms with Crippen LogP contribution in [0.1, 0.15) is 86.0 Å². The Balaban J connectivity index is 0.000000444. The van der Waals surface area contributed by atoms with Gasteiger partial charge in [0, 0.05) is 12.3 Å². The SMILES string of the molecule is CS(=O)(=O)O.O=C1CCCCC1c1c(CC2CCCCC2)ccc2c1Cc1ccccc1-2. The largest absolute Gasteiger partial charge is 0.299 e. The lowest BCUT2D eigenvalue weighted by Gasteiger charge is -2.28. The molecule has 2 aromatic carbocycles. The van der Waals surface area contributed by atoms with Gasteiger partial charge < -0.3 is 0 Å². The van der Waals surface area contributed by atoms with Crippen molar-refractivity contribution in [2.75, 3.05) is 6.26 Å². The average Bonchev–Trinajstić information content (AvgIpc) is 3.13. The van der Waals surface area contributed by atoms with Crippen molar-refractivity contribution in [3.63, 3.8) is 0 Å². The van der Waals surface area contributed by atoms with Gasteiger partial charge >= 0.3 is 0 Å². The molecule has 0 heterocycles. The van der Waals surface area contributed by atoms with E-state index in [-0.39, 0.29) is 5.92 Å². The third-order valence-corrected chi connectivity index (χ3v) is 7.26. The lowest BCUT2D eigenvalue weighted by atomic mass is 9.75. The molecule has 0 saturated heterocycles. The van der Waals surface area contributed by atoms with Crippen molar-refractivity contribution in [1.82, 2.24) is 0 Å². The van der Waals surface area contributed by atoms with Gasteiger partial charge in [0.25, 0.3) is 10.1 Å². The second-order valence-corrected chi connectivity index (χ2v) is 11.2. The molecular formula is C27H34O4S. The number of carbonyl (C=O) groups excluding carboxylic acids is 1. The van der Waals surface area contributed by atoms with Gasteiger partial charge in [-0.15, -0.1) is 0 Å². The van der Waals surface area contributed by atoms with Crippen LogP contribution in [0.4, 0.5) is 0 Å². The maximum atomic E-state index is 12.9. The number of benzene rings is 2. The van der Waals surface area contributed by atoms with Gasteiger partial charge in [-0.3, -0.25) is 9.35 Å². The highest BCUT2D eigenvalue weighted by Crippen LogP contribution is 2.45. The minimum atomic E-state index is -3.67. The molecule has 32 heavy (non-hydrogen) atoms. The highest BCUT2D eigenvalue weighted by molar-refractivity contribution is 7.85. The van der Waals surface area contributed by atoms with Gasteiger partial charge in [-0.2, -0.15) is 8.42 Å². The summed E-state index contributed by atoms with van der Waals surface area (Å²) >= 11 is 0. The maximum absolute atomic E-state index is 12.9. The number of hydrogen-bond acceptors (Lipinski definition) is 3. The fraction of sp³-hybridized carbons (Fsp3) is 0.519. The minimum absolute atomic E-state index is 0.154. The van der Waals surface area contributed by atoms with Crippen LogP contribution < -0.4 is 0 Å². The molecule has 5 heteroatoms. The van der Waals surface area contributed by atoms with E-state index >= 15 is 0 Å². The third-order valence-electron chi connectivity index (χ3n) is 7.26. The number of hydrogen-bond donors (Lipinski definition) is 1. The standard InChI is InChI=1S/C26H30O.CH4O3S/c27-25-13-7-6-12-23(25)26-20(16-18-8-2-1-3-9-18)14-15-22-21-11-5-4-10-19(21)17-24(22)26;1-5(2,3)4/h4-5,10-11,14-15,18,23H,1-3,6-9,12-13,16-17H2;1H3,(H,2,3,4). The fourth-order valence-corrected chi connectivity index (χ4v) is 5.89. The Morgan fingerprint density at radius 1 is 0.906 bits per heavy atom. The maximum Gasteiger partial charge on any atom is 0.261 e. The molecule has 3 aliphatic rings. The van der Waals surface area contributed by atoms with Crippen molar-refractivity contribution in [2.45, 2.75) is 76.5 Å². The lowest BCUT2D eigenvalue weighted by Crippen LogP contribution is -2.21. The summed E-state index contributed by atoms with van der Waals surface area (Å²) in [5.74, 6) is 1.47. The van der Waals surface area contributed by atoms with Crippen LogP contribution in [0.3, 0.4) is 0 Å². The molecule has 0 amide bonds. The van der Waals surface area contributed by atoms with Crippen molar-refractivity contribution in [1.29, 1.82) is 0 Å². The Morgan fingerprint density at radius 3 is 2.31 bits per heavy atom. The summed E-state index contributed by atoms with van der Waals surface area (Å²) in [6, 6.07) is 13.6. The van der Waals surface area contributed by atoms with Crippen LogP contribution in [0.15, 0.2) is 36.4 Å². The Morgan fingerprint density at radius 2 is 1.59 bits per heavy atom. The molecule has 1 unspecified atom stereocenters. The second-order valence-electron chi connectivity index (χ2n) is 9.70. The van der Waals surface area contributed by atoms with Gasteiger partial charge in [0.1, 0.15) is 5.78 Å². The average molecular weight is 455 g/mol. The van der Waals surface area contributed by atoms with Crippen LogP contribution in [0.25, 0.3) is 11.1 Å². The van der Waals surface area contributed by atoms with Gasteiger partial charge in [-0.1, -0.05) is 74.9 Å².